The minimum Gasteiger partial charge on any atom is -0.279 e. The van der Waals surface area contributed by atoms with Gasteiger partial charge < -0.3 is 0 Å². The van der Waals surface area contributed by atoms with Crippen LogP contribution in [0.3, 0.4) is 0 Å². The first kappa shape index (κ1) is 4.52. The molecular formula is C3H4N3S. The van der Waals surface area contributed by atoms with Crippen LogP contribution in [0.1, 0.15) is 0 Å². The number of hydrazine groups is 1. The zero-order valence-corrected chi connectivity index (χ0v) is 4.35. The van der Waals surface area contributed by atoms with Crippen LogP contribution in [0.5, 0.6) is 0 Å². The first-order valence-electron chi connectivity index (χ1n) is 1.72. The Kier molecular flexibility index (Phi) is 1.21. The molecule has 0 fully saturated rings. The molecule has 0 aromatic carbocycles. The molecule has 1 heterocycles. The summed E-state index contributed by atoms with van der Waals surface area (Å²) in [5.74, 6) is 0. The molecule has 1 N–H and O–H groups in total. The normalized spacial score (nSPS) is 16.9. The lowest BCUT2D eigenvalue weighted by Crippen LogP contribution is -2.15. The van der Waals surface area contributed by atoms with Crippen molar-refractivity contribution in [2.24, 2.45) is 5.10 Å². The summed E-state index contributed by atoms with van der Waals surface area (Å²) in [5, 5.41) is 5.15. The molecular weight excluding hydrogens is 110 g/mol. The fourth-order valence-electron chi connectivity index (χ4n) is 0.273. The van der Waals surface area contributed by atoms with Gasteiger partial charge in [-0.15, -0.1) is 4.52 Å². The van der Waals surface area contributed by atoms with Gasteiger partial charge in [0.2, 0.25) is 0 Å². The molecule has 0 aromatic rings. The van der Waals surface area contributed by atoms with Gasteiger partial charge in [0.1, 0.15) is 0 Å². The van der Waals surface area contributed by atoms with Crippen molar-refractivity contribution in [2.45, 2.75) is 0 Å². The van der Waals surface area contributed by atoms with Gasteiger partial charge in [-0.3, -0.25) is 5.43 Å². The Hall–Kier alpha value is -0.640. The Morgan fingerprint density at radius 3 is 3.00 bits per heavy atom. The second-order valence-corrected chi connectivity index (χ2v) is 1.75. The summed E-state index contributed by atoms with van der Waals surface area (Å²) in [6.45, 7) is 4.86. The van der Waals surface area contributed by atoms with E-state index in [0.717, 1.165) is 0 Å². The zero-order chi connectivity index (χ0) is 5.11. The minimum atomic E-state index is 1.39. The number of rotatable bonds is 1. The molecule has 0 bridgehead atoms. The van der Waals surface area contributed by atoms with Crippen molar-refractivity contribution in [3.05, 3.63) is 11.6 Å². The predicted octanol–water partition coefficient (Wildman–Crippen LogP) is 0.419. The number of hydrogen-bond acceptors (Lipinski definition) is 4. The molecule has 0 spiro atoms. The molecule has 1 aliphatic rings. The Morgan fingerprint density at radius 2 is 2.71 bits per heavy atom. The molecule has 4 heteroatoms. The number of hydrazone groups is 1. The molecule has 1 radical (unpaired) electrons. The Balaban J connectivity index is 2.35. The molecule has 0 unspecified atom stereocenters. The number of nitrogens with one attached hydrogen (secondary N) is 1. The van der Waals surface area contributed by atoms with Gasteiger partial charge >= 0.3 is 0 Å². The minimum absolute atomic E-state index is 1.39. The third-order valence-electron chi connectivity index (χ3n) is 0.519. The largest absolute Gasteiger partial charge is 0.279 e. The summed E-state index contributed by atoms with van der Waals surface area (Å²) < 4.78 is 1.44. The molecule has 37 valence electrons. The van der Waals surface area contributed by atoms with Gasteiger partial charge in [-0.2, -0.15) is 5.10 Å². The fourth-order valence-corrected chi connectivity index (χ4v) is 0.686. The second-order valence-electron chi connectivity index (χ2n) is 0.926. The summed E-state index contributed by atoms with van der Waals surface area (Å²) in [6, 6.07) is 0. The van der Waals surface area contributed by atoms with E-state index in [1.165, 1.54) is 16.5 Å². The van der Waals surface area contributed by atoms with Gasteiger partial charge in [0.25, 0.3) is 0 Å². The first-order chi connectivity index (χ1) is 3.43. The smallest absolute Gasteiger partial charge is 0.0703 e. The van der Waals surface area contributed by atoms with Gasteiger partial charge in [0.15, 0.2) is 0 Å². The molecule has 1 rings (SSSR count). The first-order valence-corrected chi connectivity index (χ1v) is 2.56. The van der Waals surface area contributed by atoms with Crippen molar-refractivity contribution in [3.8, 4) is 0 Å². The third kappa shape index (κ3) is 0.866. The highest BCUT2D eigenvalue weighted by Gasteiger charge is 1.97. The van der Waals surface area contributed by atoms with Crippen LogP contribution in [-0.4, -0.2) is 11.2 Å². The van der Waals surface area contributed by atoms with Gasteiger partial charge in [-0.1, -0.05) is 0 Å². The molecule has 0 aromatic heterocycles. The van der Waals surface area contributed by atoms with Crippen molar-refractivity contribution < 1.29 is 0 Å². The van der Waals surface area contributed by atoms with Crippen LogP contribution in [-0.2, 0) is 0 Å². The number of nitrogens with zero attached hydrogens (tertiary/aromatic N) is 2. The topological polar surface area (TPSA) is 27.6 Å². The van der Waals surface area contributed by atoms with Crippen LogP contribution in [0.25, 0.3) is 0 Å². The van der Waals surface area contributed by atoms with E-state index >= 15 is 0 Å². The van der Waals surface area contributed by atoms with E-state index in [4.69, 9.17) is 6.72 Å². The molecule has 0 atom stereocenters. The molecule has 7 heavy (non-hydrogen) atoms. The quantitative estimate of drug-likeness (QED) is 0.395. The van der Waals surface area contributed by atoms with E-state index in [9.17, 15) is 0 Å². The monoisotopic (exact) mass is 114 g/mol. The maximum Gasteiger partial charge on any atom is 0.0703 e. The lowest BCUT2D eigenvalue weighted by atomic mass is 11.1. The highest BCUT2D eigenvalue weighted by molar-refractivity contribution is 8.00. The Bertz CT molecular complexity index is 92.4. The third-order valence-corrected chi connectivity index (χ3v) is 1.18. The van der Waals surface area contributed by atoms with Crippen LogP contribution in [0.2, 0.25) is 0 Å². The summed E-state index contributed by atoms with van der Waals surface area (Å²) in [7, 11) is 0. The predicted molar refractivity (Wildman–Crippen MR) is 30.2 cm³/mol. The molecule has 3 nitrogen and oxygen atoms in total. The van der Waals surface area contributed by atoms with Crippen LogP contribution in [0, 0.1) is 0 Å². The van der Waals surface area contributed by atoms with Crippen LogP contribution in [0.4, 0.5) is 0 Å². The fraction of sp³-hybridized carbons (Fsp3) is 0. The average molecular weight is 114 g/mol. The number of hydrogen-bond donors (Lipinski definition) is 1. The van der Waals surface area contributed by atoms with Gasteiger partial charge in [0, 0.05) is 23.6 Å². The van der Waals surface area contributed by atoms with E-state index in [2.05, 4.69) is 10.5 Å². The van der Waals surface area contributed by atoms with Crippen molar-refractivity contribution in [1.82, 2.24) is 9.95 Å². The molecule has 0 saturated carbocycles. The van der Waals surface area contributed by atoms with E-state index in [1.54, 1.807) is 6.20 Å². The summed E-state index contributed by atoms with van der Waals surface area (Å²) in [5.41, 5.74) is 2.73. The van der Waals surface area contributed by atoms with E-state index in [0.29, 0.717) is 0 Å². The van der Waals surface area contributed by atoms with Gasteiger partial charge in [0.05, 0.1) is 6.72 Å². The van der Waals surface area contributed by atoms with Crippen molar-refractivity contribution in [1.29, 1.82) is 0 Å². The standard InChI is InChI=1S/C3H4N3S/c1-4-6-5-2-3-7-6/h1-3,5H. The SMILES string of the molecule is [CH]=NN1NC=CS1. The van der Waals surface area contributed by atoms with Crippen molar-refractivity contribution in [3.63, 3.8) is 0 Å². The van der Waals surface area contributed by atoms with E-state index in [1.807, 2.05) is 5.41 Å². The van der Waals surface area contributed by atoms with Gasteiger partial charge in [-0.25, -0.2) is 0 Å². The van der Waals surface area contributed by atoms with Crippen molar-refractivity contribution >= 4 is 18.7 Å². The second kappa shape index (κ2) is 1.88. The zero-order valence-electron chi connectivity index (χ0n) is 3.53. The van der Waals surface area contributed by atoms with Gasteiger partial charge in [-0.05, 0) is 0 Å². The van der Waals surface area contributed by atoms with Crippen LogP contribution in [0.15, 0.2) is 16.7 Å². The molecule has 0 aliphatic carbocycles. The summed E-state index contributed by atoms with van der Waals surface area (Å²) >= 11 is 1.39. The molecule has 0 amide bonds. The van der Waals surface area contributed by atoms with Crippen LogP contribution >= 0.6 is 11.9 Å². The van der Waals surface area contributed by atoms with E-state index in [-0.39, 0.29) is 0 Å². The summed E-state index contributed by atoms with van der Waals surface area (Å²) in [4.78, 5) is 0. The molecule has 0 saturated heterocycles. The van der Waals surface area contributed by atoms with E-state index < -0.39 is 0 Å². The lowest BCUT2D eigenvalue weighted by molar-refractivity contribution is 0.449. The Morgan fingerprint density at radius 1 is 1.86 bits per heavy atom. The van der Waals surface area contributed by atoms with Crippen molar-refractivity contribution in [2.75, 3.05) is 0 Å². The summed E-state index contributed by atoms with van der Waals surface area (Å²) in [6.07, 6.45) is 1.75. The lowest BCUT2D eigenvalue weighted by Gasteiger charge is -2.04. The highest BCUT2D eigenvalue weighted by Crippen LogP contribution is 2.11. The highest BCUT2D eigenvalue weighted by atomic mass is 32.2. The Labute approximate surface area is 46.2 Å². The van der Waals surface area contributed by atoms with Crippen LogP contribution < -0.4 is 5.43 Å². The molecule has 1 aliphatic heterocycles. The maximum absolute atomic E-state index is 4.86. The average Bonchev–Trinajstić information content (AvgIpc) is 2.14. The maximum atomic E-state index is 4.86.